The maximum absolute atomic E-state index is 12.3. The SMILES string of the molecule is CCCc1cc(C(=O)Nc2ccc(Br)cc2Br)cc(N)n1. The van der Waals surface area contributed by atoms with Crippen molar-refractivity contribution in [3.63, 3.8) is 0 Å². The van der Waals surface area contributed by atoms with Crippen molar-refractivity contribution >= 4 is 49.3 Å². The zero-order valence-electron chi connectivity index (χ0n) is 11.5. The Morgan fingerprint density at radius 3 is 2.71 bits per heavy atom. The molecule has 0 saturated carbocycles. The molecule has 1 aromatic heterocycles. The number of amides is 1. The van der Waals surface area contributed by atoms with Crippen molar-refractivity contribution in [3.8, 4) is 0 Å². The molecule has 2 aromatic rings. The average Bonchev–Trinajstić information content (AvgIpc) is 2.41. The van der Waals surface area contributed by atoms with E-state index in [1.54, 1.807) is 12.1 Å². The highest BCUT2D eigenvalue weighted by molar-refractivity contribution is 9.11. The van der Waals surface area contributed by atoms with Crippen molar-refractivity contribution < 1.29 is 4.79 Å². The van der Waals surface area contributed by atoms with Crippen LogP contribution in [-0.2, 0) is 6.42 Å². The Kier molecular flexibility index (Phi) is 5.36. The monoisotopic (exact) mass is 411 g/mol. The zero-order chi connectivity index (χ0) is 15.4. The number of nitrogens with zero attached hydrogens (tertiary/aromatic N) is 1. The molecule has 0 bridgehead atoms. The minimum absolute atomic E-state index is 0.204. The van der Waals surface area contributed by atoms with Crippen LogP contribution in [0, 0.1) is 0 Å². The maximum Gasteiger partial charge on any atom is 0.255 e. The van der Waals surface area contributed by atoms with Crippen LogP contribution in [0.5, 0.6) is 0 Å². The van der Waals surface area contributed by atoms with Gasteiger partial charge in [0.1, 0.15) is 5.82 Å². The minimum Gasteiger partial charge on any atom is -0.384 e. The number of benzene rings is 1. The van der Waals surface area contributed by atoms with E-state index < -0.39 is 0 Å². The average molecular weight is 413 g/mol. The van der Waals surface area contributed by atoms with Crippen molar-refractivity contribution in [2.45, 2.75) is 19.8 Å². The highest BCUT2D eigenvalue weighted by atomic mass is 79.9. The lowest BCUT2D eigenvalue weighted by Gasteiger charge is -2.09. The molecule has 0 aliphatic rings. The predicted molar refractivity (Wildman–Crippen MR) is 92.4 cm³/mol. The number of pyridine rings is 1. The molecule has 0 aliphatic heterocycles. The Labute approximate surface area is 140 Å². The van der Waals surface area contributed by atoms with E-state index in [2.05, 4.69) is 49.1 Å². The number of aromatic nitrogens is 1. The fraction of sp³-hybridized carbons (Fsp3) is 0.200. The second kappa shape index (κ2) is 7.04. The molecule has 0 fully saturated rings. The predicted octanol–water partition coefficient (Wildman–Crippen LogP) is 4.39. The van der Waals surface area contributed by atoms with Crippen LogP contribution < -0.4 is 11.1 Å². The van der Waals surface area contributed by atoms with E-state index in [0.29, 0.717) is 17.1 Å². The summed E-state index contributed by atoms with van der Waals surface area (Å²) in [6, 6.07) is 8.93. The lowest BCUT2D eigenvalue weighted by molar-refractivity contribution is 0.102. The number of hydrogen-bond acceptors (Lipinski definition) is 3. The first-order valence-corrected chi connectivity index (χ1v) is 8.11. The van der Waals surface area contributed by atoms with Gasteiger partial charge < -0.3 is 11.1 Å². The zero-order valence-corrected chi connectivity index (χ0v) is 14.7. The molecule has 110 valence electrons. The van der Waals surface area contributed by atoms with Crippen LogP contribution in [0.3, 0.4) is 0 Å². The van der Waals surface area contributed by atoms with Crippen LogP contribution in [0.15, 0.2) is 39.3 Å². The van der Waals surface area contributed by atoms with Crippen LogP contribution >= 0.6 is 31.9 Å². The van der Waals surface area contributed by atoms with Gasteiger partial charge in [-0.2, -0.15) is 0 Å². The third-order valence-electron chi connectivity index (χ3n) is 2.85. The Bertz CT molecular complexity index is 674. The molecule has 1 aromatic carbocycles. The third-order valence-corrected chi connectivity index (χ3v) is 4.00. The number of carbonyl (C=O) groups is 1. The van der Waals surface area contributed by atoms with E-state index in [9.17, 15) is 4.79 Å². The number of halogens is 2. The summed E-state index contributed by atoms with van der Waals surface area (Å²) in [7, 11) is 0. The summed E-state index contributed by atoms with van der Waals surface area (Å²) in [6.45, 7) is 2.06. The number of anilines is 2. The Morgan fingerprint density at radius 2 is 2.05 bits per heavy atom. The molecule has 6 heteroatoms. The molecule has 0 unspecified atom stereocenters. The number of rotatable bonds is 4. The molecule has 2 rings (SSSR count). The number of nitrogens with two attached hydrogens (primary N) is 1. The summed E-state index contributed by atoms with van der Waals surface area (Å²) >= 11 is 6.80. The Morgan fingerprint density at radius 1 is 1.29 bits per heavy atom. The van der Waals surface area contributed by atoms with Crippen molar-refractivity contribution in [1.29, 1.82) is 0 Å². The van der Waals surface area contributed by atoms with Crippen molar-refractivity contribution in [3.05, 3.63) is 50.5 Å². The minimum atomic E-state index is -0.204. The molecule has 1 amide bonds. The summed E-state index contributed by atoms with van der Waals surface area (Å²) in [6.07, 6.45) is 1.75. The highest BCUT2D eigenvalue weighted by Gasteiger charge is 2.11. The van der Waals surface area contributed by atoms with Gasteiger partial charge in [0.25, 0.3) is 5.91 Å². The molecule has 3 N–H and O–H groups in total. The summed E-state index contributed by atoms with van der Waals surface area (Å²) in [5.74, 6) is 0.158. The highest BCUT2D eigenvalue weighted by Crippen LogP contribution is 2.26. The smallest absolute Gasteiger partial charge is 0.255 e. The van der Waals surface area contributed by atoms with Gasteiger partial charge in [0.05, 0.1) is 5.69 Å². The fourth-order valence-electron chi connectivity index (χ4n) is 1.91. The van der Waals surface area contributed by atoms with E-state index in [1.165, 1.54) is 0 Å². The second-order valence-corrected chi connectivity index (χ2v) is 6.37. The number of aryl methyl sites for hydroxylation is 1. The van der Waals surface area contributed by atoms with Crippen LogP contribution in [0.4, 0.5) is 11.5 Å². The molecular weight excluding hydrogens is 398 g/mol. The van der Waals surface area contributed by atoms with Gasteiger partial charge in [0.2, 0.25) is 0 Å². The van der Waals surface area contributed by atoms with Crippen molar-refractivity contribution in [2.75, 3.05) is 11.1 Å². The largest absolute Gasteiger partial charge is 0.384 e. The fourth-order valence-corrected chi connectivity index (χ4v) is 3.06. The van der Waals surface area contributed by atoms with Crippen molar-refractivity contribution in [2.24, 2.45) is 0 Å². The van der Waals surface area contributed by atoms with Gasteiger partial charge in [-0.25, -0.2) is 4.98 Å². The molecule has 0 radical (unpaired) electrons. The van der Waals surface area contributed by atoms with E-state index in [-0.39, 0.29) is 5.91 Å². The lowest BCUT2D eigenvalue weighted by atomic mass is 10.1. The molecule has 0 spiro atoms. The molecular formula is C15H15Br2N3O. The van der Waals surface area contributed by atoms with Gasteiger partial charge in [-0.1, -0.05) is 29.3 Å². The quantitative estimate of drug-likeness (QED) is 0.782. The second-order valence-electron chi connectivity index (χ2n) is 4.60. The molecule has 0 saturated heterocycles. The first kappa shape index (κ1) is 16.0. The normalized spacial score (nSPS) is 10.4. The lowest BCUT2D eigenvalue weighted by Crippen LogP contribution is -2.14. The summed E-state index contributed by atoms with van der Waals surface area (Å²) in [5, 5.41) is 2.86. The standard InChI is InChI=1S/C15H15Br2N3O/c1-2-3-11-6-9(7-14(18)19-11)15(21)20-13-5-4-10(16)8-12(13)17/h4-8H,2-3H2,1H3,(H2,18,19)(H,20,21). The van der Waals surface area contributed by atoms with Gasteiger partial charge >= 0.3 is 0 Å². The van der Waals surface area contributed by atoms with Gasteiger partial charge in [-0.05, 0) is 52.7 Å². The molecule has 0 aliphatic carbocycles. The van der Waals surface area contributed by atoms with E-state index in [0.717, 1.165) is 27.5 Å². The molecule has 21 heavy (non-hydrogen) atoms. The molecule has 0 atom stereocenters. The van der Waals surface area contributed by atoms with Crippen LogP contribution in [-0.4, -0.2) is 10.9 Å². The van der Waals surface area contributed by atoms with E-state index in [4.69, 9.17) is 5.73 Å². The van der Waals surface area contributed by atoms with Crippen LogP contribution in [0.25, 0.3) is 0 Å². The number of nitrogens with one attached hydrogen (secondary N) is 1. The Hall–Kier alpha value is -1.40. The topological polar surface area (TPSA) is 68.0 Å². The maximum atomic E-state index is 12.3. The Balaban J connectivity index is 2.23. The van der Waals surface area contributed by atoms with E-state index in [1.807, 2.05) is 18.2 Å². The number of hydrogen-bond donors (Lipinski definition) is 2. The van der Waals surface area contributed by atoms with Gasteiger partial charge in [0, 0.05) is 20.2 Å². The van der Waals surface area contributed by atoms with Crippen molar-refractivity contribution in [1.82, 2.24) is 4.98 Å². The van der Waals surface area contributed by atoms with Gasteiger partial charge in [-0.15, -0.1) is 0 Å². The van der Waals surface area contributed by atoms with Gasteiger partial charge in [-0.3, -0.25) is 4.79 Å². The summed E-state index contributed by atoms with van der Waals surface area (Å²) < 4.78 is 1.74. The van der Waals surface area contributed by atoms with Crippen LogP contribution in [0.2, 0.25) is 0 Å². The van der Waals surface area contributed by atoms with E-state index >= 15 is 0 Å². The molecule has 4 nitrogen and oxygen atoms in total. The first-order valence-electron chi connectivity index (χ1n) is 6.52. The number of carbonyl (C=O) groups excluding carboxylic acids is 1. The molecule has 1 heterocycles. The van der Waals surface area contributed by atoms with Gasteiger partial charge in [0.15, 0.2) is 0 Å². The van der Waals surface area contributed by atoms with Crippen LogP contribution in [0.1, 0.15) is 29.4 Å². The number of nitrogen functional groups attached to an aromatic ring is 1. The summed E-state index contributed by atoms with van der Waals surface area (Å²) in [4.78, 5) is 16.6. The third kappa shape index (κ3) is 4.28. The summed E-state index contributed by atoms with van der Waals surface area (Å²) in [5.41, 5.74) is 7.81. The first-order chi connectivity index (χ1) is 9.99.